The number of hydrogen-bond donors (Lipinski definition) is 1. The van der Waals surface area contributed by atoms with Crippen LogP contribution in [-0.2, 0) is 17.6 Å². The summed E-state index contributed by atoms with van der Waals surface area (Å²) in [7, 11) is 3.18. The SMILES string of the molecule is COc1ccc(NC(=O)C2CCc3nc4ccccn4c3C2)c(OC)c1. The van der Waals surface area contributed by atoms with Crippen LogP contribution in [0.25, 0.3) is 5.65 Å². The van der Waals surface area contributed by atoms with Crippen molar-refractivity contribution in [2.75, 3.05) is 19.5 Å². The standard InChI is InChI=1S/C20H21N3O3/c1-25-14-7-9-16(18(12-14)26-2)22-20(24)13-6-8-15-17(11-13)23-10-4-3-5-19(23)21-15/h3-5,7,9-10,12-13H,6,8,11H2,1-2H3,(H,22,24). The first-order chi connectivity index (χ1) is 12.7. The van der Waals surface area contributed by atoms with Gasteiger partial charge in [0, 0.05) is 30.3 Å². The number of methoxy groups -OCH3 is 2. The minimum absolute atomic E-state index is 0.00463. The van der Waals surface area contributed by atoms with Gasteiger partial charge >= 0.3 is 0 Å². The Morgan fingerprint density at radius 2 is 2.12 bits per heavy atom. The molecule has 1 amide bonds. The van der Waals surface area contributed by atoms with E-state index in [0.29, 0.717) is 23.6 Å². The zero-order chi connectivity index (χ0) is 18.1. The fourth-order valence-corrected chi connectivity index (χ4v) is 3.52. The molecule has 134 valence electrons. The molecule has 0 aliphatic heterocycles. The normalized spacial score (nSPS) is 16.2. The number of rotatable bonds is 4. The lowest BCUT2D eigenvalue weighted by atomic mass is 9.89. The summed E-state index contributed by atoms with van der Waals surface area (Å²) in [4.78, 5) is 17.5. The lowest BCUT2D eigenvalue weighted by Crippen LogP contribution is -2.28. The van der Waals surface area contributed by atoms with Gasteiger partial charge in [0.05, 0.1) is 25.6 Å². The fourth-order valence-electron chi connectivity index (χ4n) is 3.52. The van der Waals surface area contributed by atoms with Crippen molar-refractivity contribution in [3.05, 3.63) is 54.0 Å². The summed E-state index contributed by atoms with van der Waals surface area (Å²) in [5, 5.41) is 3.00. The maximum atomic E-state index is 12.8. The highest BCUT2D eigenvalue weighted by atomic mass is 16.5. The quantitative estimate of drug-likeness (QED) is 0.784. The van der Waals surface area contributed by atoms with Crippen molar-refractivity contribution in [1.82, 2.24) is 9.38 Å². The maximum absolute atomic E-state index is 12.8. The second-order valence-corrected chi connectivity index (χ2v) is 6.43. The van der Waals surface area contributed by atoms with Crippen molar-refractivity contribution < 1.29 is 14.3 Å². The number of aromatic nitrogens is 2. The molecule has 1 aliphatic rings. The molecule has 2 heterocycles. The third kappa shape index (κ3) is 2.87. The number of carbonyl (C=O) groups is 1. The summed E-state index contributed by atoms with van der Waals surface area (Å²) < 4.78 is 12.7. The van der Waals surface area contributed by atoms with Crippen molar-refractivity contribution in [2.24, 2.45) is 5.92 Å². The van der Waals surface area contributed by atoms with E-state index in [2.05, 4.69) is 14.7 Å². The van der Waals surface area contributed by atoms with E-state index < -0.39 is 0 Å². The van der Waals surface area contributed by atoms with Crippen LogP contribution < -0.4 is 14.8 Å². The number of nitrogens with zero attached hydrogens (tertiary/aromatic N) is 2. The lowest BCUT2D eigenvalue weighted by Gasteiger charge is -2.22. The van der Waals surface area contributed by atoms with Gasteiger partial charge in [0.25, 0.3) is 0 Å². The Labute approximate surface area is 151 Å². The van der Waals surface area contributed by atoms with Crippen LogP contribution in [0.5, 0.6) is 11.5 Å². The Hall–Kier alpha value is -3.02. The molecule has 2 aromatic heterocycles. The molecule has 4 rings (SSSR count). The molecular formula is C20H21N3O3. The molecule has 26 heavy (non-hydrogen) atoms. The molecule has 0 fully saturated rings. The van der Waals surface area contributed by atoms with Crippen LogP contribution >= 0.6 is 0 Å². The van der Waals surface area contributed by atoms with E-state index in [1.54, 1.807) is 26.4 Å². The molecule has 0 saturated heterocycles. The van der Waals surface area contributed by atoms with Crippen LogP contribution in [0.4, 0.5) is 5.69 Å². The third-order valence-corrected chi connectivity index (χ3v) is 4.92. The predicted molar refractivity (Wildman–Crippen MR) is 98.9 cm³/mol. The first-order valence-electron chi connectivity index (χ1n) is 8.67. The predicted octanol–water partition coefficient (Wildman–Crippen LogP) is 3.10. The van der Waals surface area contributed by atoms with Crippen molar-refractivity contribution in [1.29, 1.82) is 0 Å². The topological polar surface area (TPSA) is 64.9 Å². The molecule has 6 nitrogen and oxygen atoms in total. The van der Waals surface area contributed by atoms with Gasteiger partial charge in [-0.2, -0.15) is 0 Å². The summed E-state index contributed by atoms with van der Waals surface area (Å²) in [5.74, 6) is 1.19. The Balaban J connectivity index is 1.55. The summed E-state index contributed by atoms with van der Waals surface area (Å²) in [5.41, 5.74) is 3.83. The number of hydrogen-bond acceptors (Lipinski definition) is 4. The Morgan fingerprint density at radius 3 is 2.92 bits per heavy atom. The molecule has 1 aromatic carbocycles. The summed E-state index contributed by atoms with van der Waals surface area (Å²) in [6, 6.07) is 11.3. The molecule has 1 N–H and O–H groups in total. The molecule has 0 saturated carbocycles. The van der Waals surface area contributed by atoms with Crippen LogP contribution in [0.15, 0.2) is 42.6 Å². The van der Waals surface area contributed by atoms with E-state index in [9.17, 15) is 4.79 Å². The Morgan fingerprint density at radius 1 is 1.23 bits per heavy atom. The number of anilines is 1. The van der Waals surface area contributed by atoms with Crippen LogP contribution in [-0.4, -0.2) is 29.5 Å². The fraction of sp³-hybridized carbons (Fsp3) is 0.300. The van der Waals surface area contributed by atoms with Crippen molar-refractivity contribution in [3.8, 4) is 11.5 Å². The van der Waals surface area contributed by atoms with Crippen molar-refractivity contribution >= 4 is 17.2 Å². The number of pyridine rings is 1. The second kappa shape index (κ2) is 6.71. The van der Waals surface area contributed by atoms with Crippen LogP contribution in [0.2, 0.25) is 0 Å². The molecule has 0 bridgehead atoms. The molecule has 0 radical (unpaired) electrons. The zero-order valence-electron chi connectivity index (χ0n) is 14.9. The van der Waals surface area contributed by atoms with Gasteiger partial charge in [-0.3, -0.25) is 4.79 Å². The average Bonchev–Trinajstić information content (AvgIpc) is 3.06. The Kier molecular flexibility index (Phi) is 4.24. The minimum atomic E-state index is -0.0885. The molecule has 3 aromatic rings. The van der Waals surface area contributed by atoms with Gasteiger partial charge in [-0.1, -0.05) is 6.07 Å². The number of aryl methyl sites for hydroxylation is 1. The molecule has 0 spiro atoms. The highest BCUT2D eigenvalue weighted by Gasteiger charge is 2.28. The number of carbonyl (C=O) groups excluding carboxylic acids is 1. The Bertz CT molecular complexity index is 964. The summed E-state index contributed by atoms with van der Waals surface area (Å²) in [6.45, 7) is 0. The largest absolute Gasteiger partial charge is 0.497 e. The van der Waals surface area contributed by atoms with Crippen LogP contribution in [0.3, 0.4) is 0 Å². The van der Waals surface area contributed by atoms with Crippen LogP contribution in [0, 0.1) is 5.92 Å². The number of ether oxygens (including phenoxy) is 2. The number of nitrogens with one attached hydrogen (secondary N) is 1. The molecular weight excluding hydrogens is 330 g/mol. The van der Waals surface area contributed by atoms with Gasteiger partial charge in [-0.25, -0.2) is 4.98 Å². The van der Waals surface area contributed by atoms with Crippen LogP contribution in [0.1, 0.15) is 17.8 Å². The zero-order valence-corrected chi connectivity index (χ0v) is 14.9. The monoisotopic (exact) mass is 351 g/mol. The van der Waals surface area contributed by atoms with Gasteiger partial charge in [-0.05, 0) is 37.1 Å². The van der Waals surface area contributed by atoms with Gasteiger partial charge in [0.15, 0.2) is 0 Å². The third-order valence-electron chi connectivity index (χ3n) is 4.92. The van der Waals surface area contributed by atoms with E-state index in [1.165, 1.54) is 0 Å². The first-order valence-corrected chi connectivity index (χ1v) is 8.67. The van der Waals surface area contributed by atoms with Gasteiger partial charge in [0.1, 0.15) is 17.1 Å². The number of fused-ring (bicyclic) bond motifs is 3. The van der Waals surface area contributed by atoms with Gasteiger partial charge in [0.2, 0.25) is 5.91 Å². The highest BCUT2D eigenvalue weighted by molar-refractivity contribution is 5.94. The smallest absolute Gasteiger partial charge is 0.227 e. The van der Waals surface area contributed by atoms with Gasteiger partial charge in [-0.15, -0.1) is 0 Å². The first kappa shape index (κ1) is 16.4. The number of imidazole rings is 1. The average molecular weight is 351 g/mol. The number of benzene rings is 1. The number of amides is 1. The molecule has 1 aliphatic carbocycles. The molecule has 1 unspecified atom stereocenters. The molecule has 1 atom stereocenters. The van der Waals surface area contributed by atoms with E-state index >= 15 is 0 Å². The summed E-state index contributed by atoms with van der Waals surface area (Å²) >= 11 is 0. The molecule has 6 heteroatoms. The second-order valence-electron chi connectivity index (χ2n) is 6.43. The van der Waals surface area contributed by atoms with Crippen molar-refractivity contribution in [2.45, 2.75) is 19.3 Å². The lowest BCUT2D eigenvalue weighted by molar-refractivity contribution is -0.120. The highest BCUT2D eigenvalue weighted by Crippen LogP contribution is 2.31. The van der Waals surface area contributed by atoms with Gasteiger partial charge < -0.3 is 19.2 Å². The van der Waals surface area contributed by atoms with E-state index in [1.807, 2.05) is 30.5 Å². The van der Waals surface area contributed by atoms with E-state index in [-0.39, 0.29) is 11.8 Å². The van der Waals surface area contributed by atoms with E-state index in [4.69, 9.17) is 9.47 Å². The maximum Gasteiger partial charge on any atom is 0.227 e. The van der Waals surface area contributed by atoms with Crippen molar-refractivity contribution in [3.63, 3.8) is 0 Å². The van der Waals surface area contributed by atoms with E-state index in [0.717, 1.165) is 29.9 Å². The summed E-state index contributed by atoms with van der Waals surface area (Å²) in [6.07, 6.45) is 4.30. The minimum Gasteiger partial charge on any atom is -0.497 e.